The molecular weight excluding hydrogens is 521 g/mol. The smallest absolute Gasteiger partial charge is 0.254 e. The van der Waals surface area contributed by atoms with E-state index >= 15 is 0 Å². The molecule has 214 valence electrons. The quantitative estimate of drug-likeness (QED) is 0.408. The second-order valence-electron chi connectivity index (χ2n) is 10.8. The number of hydrogen-bond acceptors (Lipinski definition) is 5. The maximum absolute atomic E-state index is 13.7. The lowest BCUT2D eigenvalue weighted by Crippen LogP contribution is -2.49. The number of anilines is 2. The van der Waals surface area contributed by atoms with Crippen LogP contribution in [0.25, 0.3) is 0 Å². The predicted octanol–water partition coefficient (Wildman–Crippen LogP) is 3.97. The summed E-state index contributed by atoms with van der Waals surface area (Å²) in [5, 5.41) is 6.15. The van der Waals surface area contributed by atoms with Gasteiger partial charge in [-0.25, -0.2) is 4.39 Å². The molecule has 1 aliphatic heterocycles. The summed E-state index contributed by atoms with van der Waals surface area (Å²) < 4.78 is 13.7. The number of carbonyl (C=O) groups excluding carboxylic acids is 3. The molecular formula is C32H36FN5O3. The molecule has 1 saturated heterocycles. The van der Waals surface area contributed by atoms with Crippen molar-refractivity contribution in [3.8, 4) is 0 Å². The maximum Gasteiger partial charge on any atom is 0.254 e. The summed E-state index contributed by atoms with van der Waals surface area (Å²) in [6.45, 7) is 1.94. The Morgan fingerprint density at radius 2 is 1.56 bits per heavy atom. The normalized spacial score (nSPS) is 19.0. The van der Waals surface area contributed by atoms with Crippen LogP contribution in [0.3, 0.4) is 0 Å². The average molecular weight is 558 g/mol. The molecule has 0 atom stereocenters. The molecule has 8 nitrogen and oxygen atoms in total. The van der Waals surface area contributed by atoms with Gasteiger partial charge < -0.3 is 26.2 Å². The van der Waals surface area contributed by atoms with Crippen LogP contribution in [0, 0.1) is 5.82 Å². The number of amides is 3. The molecule has 5 rings (SSSR count). The van der Waals surface area contributed by atoms with E-state index in [-0.39, 0.29) is 36.2 Å². The minimum Gasteiger partial charge on any atom is -0.366 e. The molecule has 0 radical (unpaired) electrons. The molecule has 9 heteroatoms. The Morgan fingerprint density at radius 1 is 0.829 bits per heavy atom. The third-order valence-corrected chi connectivity index (χ3v) is 7.83. The van der Waals surface area contributed by atoms with E-state index in [9.17, 15) is 18.8 Å². The van der Waals surface area contributed by atoms with Gasteiger partial charge in [-0.05, 0) is 67.6 Å². The van der Waals surface area contributed by atoms with Crippen LogP contribution in [0.1, 0.15) is 52.0 Å². The molecule has 3 aromatic carbocycles. The number of hydrogen-bond donors (Lipinski definition) is 3. The first kappa shape index (κ1) is 28.3. The fraction of sp³-hybridized carbons (Fsp3) is 0.344. The Bertz CT molecular complexity index is 1380. The predicted molar refractivity (Wildman–Crippen MR) is 157 cm³/mol. The summed E-state index contributed by atoms with van der Waals surface area (Å²) in [6, 6.07) is 20.8. The highest BCUT2D eigenvalue weighted by molar-refractivity contribution is 6.00. The van der Waals surface area contributed by atoms with Crippen molar-refractivity contribution in [2.24, 2.45) is 5.73 Å². The molecule has 1 aliphatic carbocycles. The van der Waals surface area contributed by atoms with E-state index in [0.717, 1.165) is 36.9 Å². The van der Waals surface area contributed by atoms with Gasteiger partial charge in [0.25, 0.3) is 11.8 Å². The summed E-state index contributed by atoms with van der Waals surface area (Å²) in [6.07, 6.45) is 3.68. The van der Waals surface area contributed by atoms with E-state index < -0.39 is 5.82 Å². The topological polar surface area (TPSA) is 108 Å². The molecule has 3 aromatic rings. The molecule has 3 amide bonds. The Hall–Kier alpha value is -4.24. The Kier molecular flexibility index (Phi) is 8.94. The van der Waals surface area contributed by atoms with Crippen molar-refractivity contribution < 1.29 is 18.8 Å². The van der Waals surface area contributed by atoms with Gasteiger partial charge in [-0.15, -0.1) is 0 Å². The number of carbonyl (C=O) groups is 3. The first-order valence-corrected chi connectivity index (χ1v) is 14.2. The standard InChI is InChI=1S/C32H36FN5O3/c33-25-8-4-7-24(20-25)32(41)38-17-15-37(16-18-38)29-14-9-23(31(40)35-27-12-10-26(34)11-13-27)21-28(29)36-30(39)19-22-5-2-1-3-6-22/h1-9,14,20-21,26-27H,10-13,15-19,34H2,(H,35,40)(H,36,39). The molecule has 4 N–H and O–H groups in total. The Labute approximate surface area is 239 Å². The van der Waals surface area contributed by atoms with Crippen LogP contribution < -0.4 is 21.3 Å². The second-order valence-corrected chi connectivity index (χ2v) is 10.8. The summed E-state index contributed by atoms with van der Waals surface area (Å²) >= 11 is 0. The molecule has 0 spiro atoms. The van der Waals surface area contributed by atoms with Gasteiger partial charge in [-0.1, -0.05) is 36.4 Å². The van der Waals surface area contributed by atoms with Crippen LogP contribution in [0.15, 0.2) is 72.8 Å². The van der Waals surface area contributed by atoms with Crippen molar-refractivity contribution in [3.05, 3.63) is 95.3 Å². The maximum atomic E-state index is 13.7. The fourth-order valence-electron chi connectivity index (χ4n) is 5.52. The van der Waals surface area contributed by atoms with Crippen LogP contribution in [0.5, 0.6) is 0 Å². The van der Waals surface area contributed by atoms with E-state index in [1.54, 1.807) is 23.1 Å². The monoisotopic (exact) mass is 557 g/mol. The van der Waals surface area contributed by atoms with Gasteiger partial charge in [0.2, 0.25) is 5.91 Å². The van der Waals surface area contributed by atoms with Gasteiger partial charge in [-0.2, -0.15) is 0 Å². The van der Waals surface area contributed by atoms with Crippen molar-refractivity contribution in [3.63, 3.8) is 0 Å². The first-order chi connectivity index (χ1) is 19.9. The Balaban J connectivity index is 1.31. The van der Waals surface area contributed by atoms with Crippen molar-refractivity contribution >= 4 is 29.1 Å². The zero-order valence-electron chi connectivity index (χ0n) is 23.0. The lowest BCUT2D eigenvalue weighted by molar-refractivity contribution is -0.115. The highest BCUT2D eigenvalue weighted by atomic mass is 19.1. The van der Waals surface area contributed by atoms with E-state index in [1.807, 2.05) is 36.4 Å². The summed E-state index contributed by atoms with van der Waals surface area (Å²) in [7, 11) is 0. The van der Waals surface area contributed by atoms with Crippen LogP contribution >= 0.6 is 0 Å². The number of nitrogens with one attached hydrogen (secondary N) is 2. The molecule has 1 heterocycles. The largest absolute Gasteiger partial charge is 0.366 e. The molecule has 2 fully saturated rings. The van der Waals surface area contributed by atoms with E-state index in [2.05, 4.69) is 15.5 Å². The molecule has 0 unspecified atom stereocenters. The third-order valence-electron chi connectivity index (χ3n) is 7.83. The summed E-state index contributed by atoms with van der Waals surface area (Å²) in [4.78, 5) is 42.9. The molecule has 0 bridgehead atoms. The summed E-state index contributed by atoms with van der Waals surface area (Å²) in [5.74, 6) is -1.02. The number of nitrogens with two attached hydrogens (primary N) is 1. The number of halogens is 1. The number of rotatable bonds is 7. The van der Waals surface area contributed by atoms with Gasteiger partial charge in [0.1, 0.15) is 5.82 Å². The lowest BCUT2D eigenvalue weighted by atomic mass is 9.91. The van der Waals surface area contributed by atoms with Gasteiger partial charge in [-0.3, -0.25) is 14.4 Å². The zero-order chi connectivity index (χ0) is 28.8. The highest BCUT2D eigenvalue weighted by Gasteiger charge is 2.26. The fourth-order valence-corrected chi connectivity index (χ4v) is 5.52. The zero-order valence-corrected chi connectivity index (χ0v) is 23.0. The van der Waals surface area contributed by atoms with Crippen LogP contribution in [0.4, 0.5) is 15.8 Å². The van der Waals surface area contributed by atoms with Crippen molar-refractivity contribution in [1.29, 1.82) is 0 Å². The summed E-state index contributed by atoms with van der Waals surface area (Å²) in [5.41, 5.74) is 9.03. The van der Waals surface area contributed by atoms with Crippen LogP contribution in [0.2, 0.25) is 0 Å². The molecule has 0 aromatic heterocycles. The average Bonchev–Trinajstić information content (AvgIpc) is 2.98. The minimum absolute atomic E-state index is 0.0850. The third kappa shape index (κ3) is 7.29. The Morgan fingerprint density at radius 3 is 2.27 bits per heavy atom. The van der Waals surface area contributed by atoms with Crippen molar-refractivity contribution in [2.45, 2.75) is 44.2 Å². The first-order valence-electron chi connectivity index (χ1n) is 14.2. The van der Waals surface area contributed by atoms with Gasteiger partial charge in [0.05, 0.1) is 17.8 Å². The van der Waals surface area contributed by atoms with E-state index in [1.165, 1.54) is 18.2 Å². The molecule has 1 saturated carbocycles. The van der Waals surface area contributed by atoms with E-state index in [0.29, 0.717) is 43.0 Å². The molecule has 41 heavy (non-hydrogen) atoms. The van der Waals surface area contributed by atoms with Crippen molar-refractivity contribution in [2.75, 3.05) is 36.4 Å². The minimum atomic E-state index is -0.443. The lowest BCUT2D eigenvalue weighted by Gasteiger charge is -2.37. The second kappa shape index (κ2) is 13.0. The number of benzene rings is 3. The van der Waals surface area contributed by atoms with Gasteiger partial charge in [0.15, 0.2) is 0 Å². The SMILES string of the molecule is NC1CCC(NC(=O)c2ccc(N3CCN(C(=O)c4cccc(F)c4)CC3)c(NC(=O)Cc3ccccc3)c2)CC1. The van der Waals surface area contributed by atoms with Crippen LogP contribution in [-0.4, -0.2) is 60.9 Å². The number of nitrogens with zero attached hydrogens (tertiary/aromatic N) is 2. The molecule has 2 aliphatic rings. The van der Waals surface area contributed by atoms with E-state index in [4.69, 9.17) is 5.73 Å². The van der Waals surface area contributed by atoms with Gasteiger partial charge >= 0.3 is 0 Å². The highest BCUT2D eigenvalue weighted by Crippen LogP contribution is 2.29. The van der Waals surface area contributed by atoms with Crippen molar-refractivity contribution in [1.82, 2.24) is 10.2 Å². The van der Waals surface area contributed by atoms with Crippen LogP contribution in [-0.2, 0) is 11.2 Å². The van der Waals surface area contributed by atoms with Gasteiger partial charge in [0, 0.05) is 49.4 Å². The number of piperazine rings is 1.